The van der Waals surface area contributed by atoms with Gasteiger partial charge in [0.25, 0.3) is 5.22 Å². The number of anilines is 1. The fourth-order valence-corrected chi connectivity index (χ4v) is 1.74. The summed E-state index contributed by atoms with van der Waals surface area (Å²) < 4.78 is 42.6. The summed E-state index contributed by atoms with van der Waals surface area (Å²) in [6, 6.07) is 0.787. The molecule has 2 heterocycles. The van der Waals surface area contributed by atoms with Crippen LogP contribution in [0.5, 0.6) is 0 Å². The average Bonchev–Trinajstić information content (AvgIpc) is 2.80. The molecule has 2 aromatic heterocycles. The van der Waals surface area contributed by atoms with Crippen LogP contribution in [0.1, 0.15) is 5.69 Å². The summed E-state index contributed by atoms with van der Waals surface area (Å²) in [5.41, 5.74) is 0.875. The van der Waals surface area contributed by atoms with E-state index in [0.29, 0.717) is 0 Å². The maximum Gasteiger partial charge on any atom is 0.433 e. The number of nitrogens with one attached hydrogen (secondary N) is 1. The first-order valence-corrected chi connectivity index (χ1v) is 5.31. The molecule has 96 valence electrons. The van der Waals surface area contributed by atoms with Crippen LogP contribution in [0.4, 0.5) is 19.1 Å². The van der Waals surface area contributed by atoms with Gasteiger partial charge in [0, 0.05) is 6.07 Å². The van der Waals surface area contributed by atoms with Crippen LogP contribution in [-0.4, -0.2) is 15.0 Å². The number of hydrogen-bond acceptors (Lipinski definition) is 7. The Kier molecular flexibility index (Phi) is 3.39. The Morgan fingerprint density at radius 1 is 1.33 bits per heavy atom. The predicted molar refractivity (Wildman–Crippen MR) is 55.5 cm³/mol. The predicted octanol–water partition coefficient (Wildman–Crippen LogP) is 1.92. The van der Waals surface area contributed by atoms with Gasteiger partial charge in [-0.3, -0.25) is 5.43 Å². The quantitative estimate of drug-likeness (QED) is 0.503. The number of nitrogens with two attached hydrogens (primary N) is 1. The molecular formula is C8H6F3N5OS. The molecule has 6 nitrogen and oxygen atoms in total. The van der Waals surface area contributed by atoms with Crippen molar-refractivity contribution >= 4 is 17.7 Å². The van der Waals surface area contributed by atoms with E-state index in [1.54, 1.807) is 0 Å². The highest BCUT2D eigenvalue weighted by atomic mass is 32.2. The van der Waals surface area contributed by atoms with E-state index in [2.05, 4.69) is 15.0 Å². The number of alkyl halides is 3. The van der Waals surface area contributed by atoms with Crippen LogP contribution in [0.2, 0.25) is 0 Å². The third-order valence-corrected chi connectivity index (χ3v) is 2.52. The Labute approximate surface area is 103 Å². The second kappa shape index (κ2) is 4.82. The topological polar surface area (TPSA) is 89.9 Å². The van der Waals surface area contributed by atoms with Gasteiger partial charge >= 0.3 is 6.18 Å². The molecule has 0 aliphatic rings. The SMILES string of the molecule is NNc1nc(Sc2ncco2)cc(C(F)(F)F)n1. The molecule has 0 bridgehead atoms. The van der Waals surface area contributed by atoms with E-state index in [1.807, 2.05) is 5.43 Å². The zero-order valence-corrected chi connectivity index (χ0v) is 9.42. The van der Waals surface area contributed by atoms with Crippen LogP contribution < -0.4 is 11.3 Å². The average molecular weight is 277 g/mol. The Morgan fingerprint density at radius 2 is 2.11 bits per heavy atom. The first-order chi connectivity index (χ1) is 8.49. The molecule has 0 amide bonds. The summed E-state index contributed by atoms with van der Waals surface area (Å²) in [5, 5.41) is 0.192. The number of nitrogens with zero attached hydrogens (tertiary/aromatic N) is 3. The van der Waals surface area contributed by atoms with Crippen molar-refractivity contribution in [2.24, 2.45) is 5.84 Å². The van der Waals surface area contributed by atoms with E-state index in [1.165, 1.54) is 12.5 Å². The second-order valence-electron chi connectivity index (χ2n) is 2.96. The van der Waals surface area contributed by atoms with Gasteiger partial charge in [0.1, 0.15) is 11.3 Å². The van der Waals surface area contributed by atoms with Gasteiger partial charge in [-0.05, 0) is 11.8 Å². The molecule has 18 heavy (non-hydrogen) atoms. The lowest BCUT2D eigenvalue weighted by Gasteiger charge is -2.08. The minimum atomic E-state index is -4.58. The van der Waals surface area contributed by atoms with Gasteiger partial charge in [0.15, 0.2) is 5.69 Å². The van der Waals surface area contributed by atoms with Crippen LogP contribution in [-0.2, 0) is 6.18 Å². The molecule has 0 saturated heterocycles. The minimum absolute atomic E-state index is 0.0210. The highest BCUT2D eigenvalue weighted by Crippen LogP contribution is 2.32. The molecule has 0 fully saturated rings. The largest absolute Gasteiger partial charge is 0.440 e. The van der Waals surface area contributed by atoms with Gasteiger partial charge < -0.3 is 4.42 Å². The molecule has 0 unspecified atom stereocenters. The van der Waals surface area contributed by atoms with Gasteiger partial charge in [0.2, 0.25) is 5.95 Å². The molecule has 0 atom stereocenters. The lowest BCUT2D eigenvalue weighted by molar-refractivity contribution is -0.141. The summed E-state index contributed by atoms with van der Waals surface area (Å²) in [5.74, 6) is 4.68. The van der Waals surface area contributed by atoms with Crippen LogP contribution >= 0.6 is 11.8 Å². The maximum absolute atomic E-state index is 12.6. The number of hydrogen-bond donors (Lipinski definition) is 2. The van der Waals surface area contributed by atoms with Crippen molar-refractivity contribution in [3.63, 3.8) is 0 Å². The zero-order valence-electron chi connectivity index (χ0n) is 8.60. The number of aromatic nitrogens is 3. The number of halogens is 3. The highest BCUT2D eigenvalue weighted by Gasteiger charge is 2.33. The first kappa shape index (κ1) is 12.6. The monoisotopic (exact) mass is 277 g/mol. The summed E-state index contributed by atoms with van der Waals surface area (Å²) in [4.78, 5) is 10.7. The summed E-state index contributed by atoms with van der Waals surface area (Å²) in [6.07, 6.45) is -1.91. The van der Waals surface area contributed by atoms with E-state index in [0.717, 1.165) is 17.8 Å². The van der Waals surface area contributed by atoms with E-state index in [-0.39, 0.29) is 16.2 Å². The van der Waals surface area contributed by atoms with Gasteiger partial charge in [0.05, 0.1) is 6.20 Å². The molecule has 0 radical (unpaired) electrons. The fourth-order valence-electron chi connectivity index (χ4n) is 1.04. The van der Waals surface area contributed by atoms with E-state index in [9.17, 15) is 13.2 Å². The molecule has 2 rings (SSSR count). The zero-order chi connectivity index (χ0) is 13.2. The molecule has 0 aliphatic heterocycles. The fraction of sp³-hybridized carbons (Fsp3) is 0.125. The minimum Gasteiger partial charge on any atom is -0.440 e. The van der Waals surface area contributed by atoms with Crippen molar-refractivity contribution in [2.45, 2.75) is 16.4 Å². The van der Waals surface area contributed by atoms with Crippen molar-refractivity contribution in [1.82, 2.24) is 15.0 Å². The Bertz CT molecular complexity index is 530. The van der Waals surface area contributed by atoms with Crippen LogP contribution in [0.3, 0.4) is 0 Å². The van der Waals surface area contributed by atoms with Crippen LogP contribution in [0.15, 0.2) is 33.2 Å². The van der Waals surface area contributed by atoms with Crippen LogP contribution in [0, 0.1) is 0 Å². The third kappa shape index (κ3) is 2.90. The lowest BCUT2D eigenvalue weighted by atomic mass is 10.4. The first-order valence-electron chi connectivity index (χ1n) is 4.49. The molecule has 3 N–H and O–H groups in total. The van der Waals surface area contributed by atoms with Gasteiger partial charge in [-0.25, -0.2) is 20.8 Å². The maximum atomic E-state index is 12.6. The second-order valence-corrected chi connectivity index (χ2v) is 3.93. The summed E-state index contributed by atoms with van der Waals surface area (Å²) >= 11 is 0.830. The molecule has 10 heteroatoms. The van der Waals surface area contributed by atoms with Crippen molar-refractivity contribution in [3.05, 3.63) is 24.2 Å². The summed E-state index contributed by atoms with van der Waals surface area (Å²) in [6.45, 7) is 0. The number of rotatable bonds is 3. The Hall–Kier alpha value is -1.81. The van der Waals surface area contributed by atoms with Gasteiger partial charge in [-0.2, -0.15) is 13.2 Å². The number of oxazole rings is 1. The van der Waals surface area contributed by atoms with E-state index >= 15 is 0 Å². The lowest BCUT2D eigenvalue weighted by Crippen LogP contribution is -2.15. The molecular weight excluding hydrogens is 271 g/mol. The van der Waals surface area contributed by atoms with Crippen molar-refractivity contribution in [1.29, 1.82) is 0 Å². The smallest absolute Gasteiger partial charge is 0.433 e. The molecule has 0 saturated carbocycles. The van der Waals surface area contributed by atoms with Crippen molar-refractivity contribution in [3.8, 4) is 0 Å². The molecule has 2 aromatic rings. The van der Waals surface area contributed by atoms with Crippen LogP contribution in [0.25, 0.3) is 0 Å². The summed E-state index contributed by atoms with van der Waals surface area (Å²) in [7, 11) is 0. The Morgan fingerprint density at radius 3 is 2.67 bits per heavy atom. The molecule has 0 aliphatic carbocycles. The Balaban J connectivity index is 2.35. The van der Waals surface area contributed by atoms with Gasteiger partial charge in [-0.1, -0.05) is 0 Å². The molecule has 0 aromatic carbocycles. The van der Waals surface area contributed by atoms with Crippen molar-refractivity contribution in [2.75, 3.05) is 5.43 Å². The number of hydrazine groups is 1. The normalized spacial score (nSPS) is 11.6. The molecule has 0 spiro atoms. The van der Waals surface area contributed by atoms with Gasteiger partial charge in [-0.15, -0.1) is 0 Å². The van der Waals surface area contributed by atoms with Crippen molar-refractivity contribution < 1.29 is 17.6 Å². The van der Waals surface area contributed by atoms with E-state index in [4.69, 9.17) is 10.3 Å². The van der Waals surface area contributed by atoms with E-state index < -0.39 is 11.9 Å². The number of nitrogen functional groups attached to an aromatic ring is 1. The highest BCUT2D eigenvalue weighted by molar-refractivity contribution is 7.99. The third-order valence-electron chi connectivity index (χ3n) is 1.72. The standard InChI is InChI=1S/C8H6F3N5OS/c9-8(10,11)4-3-5(15-6(14-4)16-12)18-7-13-1-2-17-7/h1-3H,12H2,(H,14,15,16).